The van der Waals surface area contributed by atoms with Crippen LogP contribution < -0.4 is 5.32 Å². The Bertz CT molecular complexity index is 1130. The molecule has 0 radical (unpaired) electrons. The van der Waals surface area contributed by atoms with Gasteiger partial charge in [-0.1, -0.05) is 54.1 Å². The Balaban J connectivity index is 1.82. The molecular weight excluding hydrogens is 372 g/mol. The lowest BCUT2D eigenvalue weighted by atomic mass is 10.1. The smallest absolute Gasteiger partial charge is 0.243 e. The molecule has 28 heavy (non-hydrogen) atoms. The molecule has 0 spiro atoms. The number of hydrogen-bond donors (Lipinski definition) is 1. The number of amides is 1. The molecule has 6 heteroatoms. The molecule has 0 aliphatic heterocycles. The first kappa shape index (κ1) is 20.0. The lowest BCUT2D eigenvalue weighted by Gasteiger charge is -2.20. The van der Waals surface area contributed by atoms with Gasteiger partial charge in [0.15, 0.2) is 0 Å². The maximum atomic E-state index is 13.0. The van der Waals surface area contributed by atoms with E-state index in [4.69, 9.17) is 0 Å². The summed E-state index contributed by atoms with van der Waals surface area (Å²) in [6, 6.07) is 17.0. The third-order valence-electron chi connectivity index (χ3n) is 4.70. The lowest BCUT2D eigenvalue weighted by molar-refractivity contribution is -0.116. The van der Waals surface area contributed by atoms with Gasteiger partial charge in [-0.05, 0) is 43.4 Å². The van der Waals surface area contributed by atoms with Crippen molar-refractivity contribution in [1.82, 2.24) is 4.31 Å². The molecule has 0 heterocycles. The van der Waals surface area contributed by atoms with E-state index in [0.717, 1.165) is 20.6 Å². The first-order valence-corrected chi connectivity index (χ1v) is 10.5. The average molecular weight is 397 g/mol. The van der Waals surface area contributed by atoms with E-state index in [2.05, 4.69) is 5.32 Å². The summed E-state index contributed by atoms with van der Waals surface area (Å²) in [5, 5.41) is 4.75. The Morgan fingerprint density at radius 3 is 2.25 bits per heavy atom. The molecule has 0 saturated heterocycles. The largest absolute Gasteiger partial charge is 0.324 e. The minimum absolute atomic E-state index is 0.263. The SMILES string of the molecule is Cc1cc(C)c(S(=O)(=O)N(C)CC(=O)Nc2cccc3ccccc23)c(C)c1. The number of fused-ring (bicyclic) bond motifs is 1. The fourth-order valence-corrected chi connectivity index (χ4v) is 5.07. The van der Waals surface area contributed by atoms with E-state index in [1.54, 1.807) is 13.8 Å². The van der Waals surface area contributed by atoms with E-state index in [0.29, 0.717) is 16.8 Å². The van der Waals surface area contributed by atoms with Crippen LogP contribution in [0.15, 0.2) is 59.5 Å². The molecule has 5 nitrogen and oxygen atoms in total. The number of carbonyl (C=O) groups is 1. The minimum Gasteiger partial charge on any atom is -0.324 e. The molecule has 0 aliphatic carbocycles. The molecule has 0 unspecified atom stereocenters. The molecule has 1 N–H and O–H groups in total. The maximum absolute atomic E-state index is 13.0. The van der Waals surface area contributed by atoms with Crippen LogP contribution >= 0.6 is 0 Å². The second-order valence-electron chi connectivity index (χ2n) is 7.06. The highest BCUT2D eigenvalue weighted by molar-refractivity contribution is 7.89. The van der Waals surface area contributed by atoms with E-state index in [-0.39, 0.29) is 17.3 Å². The summed E-state index contributed by atoms with van der Waals surface area (Å²) in [6.45, 7) is 5.21. The first-order chi connectivity index (χ1) is 13.2. The Labute approximate surface area is 166 Å². The Morgan fingerprint density at radius 1 is 0.964 bits per heavy atom. The van der Waals surface area contributed by atoms with E-state index in [1.807, 2.05) is 61.5 Å². The van der Waals surface area contributed by atoms with E-state index >= 15 is 0 Å². The highest BCUT2D eigenvalue weighted by Crippen LogP contribution is 2.25. The van der Waals surface area contributed by atoms with Crippen molar-refractivity contribution in [1.29, 1.82) is 0 Å². The van der Waals surface area contributed by atoms with E-state index < -0.39 is 10.0 Å². The molecule has 0 bridgehead atoms. The standard InChI is InChI=1S/C22H24N2O3S/c1-15-12-16(2)22(17(3)13-15)28(26,27)24(4)14-21(25)23-20-11-7-9-18-8-5-6-10-19(18)20/h5-13H,14H2,1-4H3,(H,23,25). The number of anilines is 1. The minimum atomic E-state index is -3.77. The Hall–Kier alpha value is -2.70. The van der Waals surface area contributed by atoms with E-state index in [1.165, 1.54) is 7.05 Å². The van der Waals surface area contributed by atoms with Gasteiger partial charge < -0.3 is 5.32 Å². The Kier molecular flexibility index (Phi) is 5.54. The molecule has 0 atom stereocenters. The van der Waals surface area contributed by atoms with Gasteiger partial charge in [-0.2, -0.15) is 4.31 Å². The summed E-state index contributed by atoms with van der Waals surface area (Å²) in [7, 11) is -2.35. The highest BCUT2D eigenvalue weighted by atomic mass is 32.2. The van der Waals surface area contributed by atoms with Crippen LogP contribution in [0.4, 0.5) is 5.69 Å². The van der Waals surface area contributed by atoms with E-state index in [9.17, 15) is 13.2 Å². The average Bonchev–Trinajstić information content (AvgIpc) is 2.60. The number of rotatable bonds is 5. The molecule has 0 aliphatic rings. The predicted octanol–water partition coefficient (Wildman–Crippen LogP) is 4.02. The second kappa shape index (κ2) is 7.73. The van der Waals surface area contributed by atoms with Gasteiger partial charge in [0.1, 0.15) is 0 Å². The highest BCUT2D eigenvalue weighted by Gasteiger charge is 2.26. The van der Waals surface area contributed by atoms with Gasteiger partial charge in [0.05, 0.1) is 11.4 Å². The number of benzene rings is 3. The van der Waals surface area contributed by atoms with Crippen molar-refractivity contribution in [2.75, 3.05) is 18.9 Å². The lowest BCUT2D eigenvalue weighted by Crippen LogP contribution is -2.35. The summed E-state index contributed by atoms with van der Waals surface area (Å²) in [5.74, 6) is -0.384. The fraction of sp³-hybridized carbons (Fsp3) is 0.227. The van der Waals surface area contributed by atoms with Crippen molar-refractivity contribution in [2.45, 2.75) is 25.7 Å². The monoisotopic (exact) mass is 396 g/mol. The van der Waals surface area contributed by atoms with Crippen LogP contribution in [0.1, 0.15) is 16.7 Å². The summed E-state index contributed by atoms with van der Waals surface area (Å²) in [6.07, 6.45) is 0. The number of likely N-dealkylation sites (N-methyl/N-ethyl adjacent to an activating group) is 1. The number of sulfonamides is 1. The van der Waals surface area contributed by atoms with Crippen molar-refractivity contribution in [3.63, 3.8) is 0 Å². The fourth-order valence-electron chi connectivity index (χ4n) is 3.54. The van der Waals surface area contributed by atoms with Crippen LogP contribution in [0.25, 0.3) is 10.8 Å². The van der Waals surface area contributed by atoms with Gasteiger partial charge in [0.2, 0.25) is 15.9 Å². The molecule has 3 aromatic rings. The number of nitrogens with zero attached hydrogens (tertiary/aromatic N) is 1. The van der Waals surface area contributed by atoms with Crippen molar-refractivity contribution in [3.8, 4) is 0 Å². The third-order valence-corrected chi connectivity index (χ3v) is 6.81. The summed E-state index contributed by atoms with van der Waals surface area (Å²) >= 11 is 0. The molecule has 0 aromatic heterocycles. The van der Waals surface area contributed by atoms with Gasteiger partial charge in [-0.25, -0.2) is 8.42 Å². The van der Waals surface area contributed by atoms with Gasteiger partial charge in [0, 0.05) is 18.1 Å². The molecule has 146 valence electrons. The van der Waals surface area contributed by atoms with Crippen molar-refractivity contribution in [3.05, 3.63) is 71.3 Å². The zero-order valence-corrected chi connectivity index (χ0v) is 17.3. The molecule has 3 aromatic carbocycles. The Morgan fingerprint density at radius 2 is 1.57 bits per heavy atom. The van der Waals surface area contributed by atoms with Crippen LogP contribution in [0, 0.1) is 20.8 Å². The van der Waals surface area contributed by atoms with Crippen LogP contribution in [0.5, 0.6) is 0 Å². The maximum Gasteiger partial charge on any atom is 0.243 e. The van der Waals surface area contributed by atoms with Gasteiger partial charge in [-0.3, -0.25) is 4.79 Å². The first-order valence-electron chi connectivity index (χ1n) is 9.02. The number of hydrogen-bond acceptors (Lipinski definition) is 3. The summed E-state index contributed by atoms with van der Waals surface area (Å²) in [4.78, 5) is 12.8. The molecule has 0 fully saturated rings. The number of nitrogens with one attached hydrogen (secondary N) is 1. The third kappa shape index (κ3) is 3.93. The van der Waals surface area contributed by atoms with Crippen LogP contribution in [0.3, 0.4) is 0 Å². The zero-order valence-electron chi connectivity index (χ0n) is 16.5. The topological polar surface area (TPSA) is 66.5 Å². The molecule has 0 saturated carbocycles. The normalized spacial score (nSPS) is 11.8. The number of carbonyl (C=O) groups excluding carboxylic acids is 1. The van der Waals surface area contributed by atoms with Crippen molar-refractivity contribution >= 4 is 32.4 Å². The molecular formula is C22H24N2O3S. The molecule has 3 rings (SSSR count). The summed E-state index contributed by atoms with van der Waals surface area (Å²) < 4.78 is 27.2. The van der Waals surface area contributed by atoms with Crippen molar-refractivity contribution in [2.24, 2.45) is 0 Å². The predicted molar refractivity (Wildman–Crippen MR) is 113 cm³/mol. The second-order valence-corrected chi connectivity index (χ2v) is 9.05. The molecule has 1 amide bonds. The van der Waals surface area contributed by atoms with Crippen LogP contribution in [0.2, 0.25) is 0 Å². The van der Waals surface area contributed by atoms with Crippen LogP contribution in [-0.2, 0) is 14.8 Å². The van der Waals surface area contributed by atoms with Gasteiger partial charge in [0.25, 0.3) is 0 Å². The quantitative estimate of drug-likeness (QED) is 0.708. The summed E-state index contributed by atoms with van der Waals surface area (Å²) in [5.41, 5.74) is 3.03. The zero-order chi connectivity index (χ0) is 20.5. The van der Waals surface area contributed by atoms with Gasteiger partial charge >= 0.3 is 0 Å². The number of aryl methyl sites for hydroxylation is 3. The van der Waals surface area contributed by atoms with Crippen LogP contribution in [-0.4, -0.2) is 32.2 Å². The van der Waals surface area contributed by atoms with Crippen molar-refractivity contribution < 1.29 is 13.2 Å². The van der Waals surface area contributed by atoms with Gasteiger partial charge in [-0.15, -0.1) is 0 Å².